The van der Waals surface area contributed by atoms with E-state index in [1.54, 1.807) is 0 Å². The van der Waals surface area contributed by atoms with Gasteiger partial charge in [0.15, 0.2) is 0 Å². The number of anilines is 1. The lowest BCUT2D eigenvalue weighted by Gasteiger charge is -2.06. The van der Waals surface area contributed by atoms with Gasteiger partial charge in [0, 0.05) is 12.2 Å². The Hall–Kier alpha value is -1.83. The van der Waals surface area contributed by atoms with E-state index in [2.05, 4.69) is 42.6 Å². The topological polar surface area (TPSA) is 12.0 Å². The maximum Gasteiger partial charge on any atom is 0.107 e. The number of halogens is 1. The number of fused-ring (bicyclic) bond motifs is 3. The van der Waals surface area contributed by atoms with Crippen molar-refractivity contribution in [3.8, 4) is 11.1 Å². The van der Waals surface area contributed by atoms with Crippen molar-refractivity contribution < 1.29 is 4.39 Å². The molecule has 0 aromatic heterocycles. The average molecular weight is 241 g/mol. The van der Waals surface area contributed by atoms with Crippen LogP contribution in [0.1, 0.15) is 16.7 Å². The van der Waals surface area contributed by atoms with Gasteiger partial charge in [-0.05, 0) is 47.7 Å². The monoisotopic (exact) mass is 241 g/mol. The molecule has 2 aromatic carbocycles. The van der Waals surface area contributed by atoms with E-state index >= 15 is 0 Å². The summed E-state index contributed by atoms with van der Waals surface area (Å²) in [5.74, 6) is 0. The third-order valence-electron chi connectivity index (χ3n) is 3.46. The largest absolute Gasteiger partial charge is 0.382 e. The van der Waals surface area contributed by atoms with Crippen LogP contribution in [0.2, 0.25) is 0 Å². The second kappa shape index (κ2) is 4.45. The predicted octanol–water partition coefficient (Wildman–Crippen LogP) is 3.95. The molecule has 0 radical (unpaired) electrons. The van der Waals surface area contributed by atoms with Gasteiger partial charge in [-0.15, -0.1) is 0 Å². The second-order valence-corrected chi connectivity index (χ2v) is 4.83. The van der Waals surface area contributed by atoms with Gasteiger partial charge in [-0.25, -0.2) is 4.39 Å². The van der Waals surface area contributed by atoms with Gasteiger partial charge in [-0.3, -0.25) is 0 Å². The molecule has 0 heterocycles. The van der Waals surface area contributed by atoms with Gasteiger partial charge in [0.1, 0.15) is 6.67 Å². The zero-order valence-corrected chi connectivity index (χ0v) is 10.5. The number of aryl methyl sites for hydroxylation is 1. The molecule has 3 rings (SSSR count). The molecule has 0 aliphatic heterocycles. The Morgan fingerprint density at radius 2 is 1.78 bits per heavy atom. The van der Waals surface area contributed by atoms with Crippen molar-refractivity contribution in [3.63, 3.8) is 0 Å². The van der Waals surface area contributed by atoms with Crippen molar-refractivity contribution >= 4 is 5.69 Å². The summed E-state index contributed by atoms with van der Waals surface area (Å²) in [4.78, 5) is 0. The summed E-state index contributed by atoms with van der Waals surface area (Å²) in [6.07, 6.45) is 0.984. The molecule has 2 heteroatoms. The number of rotatable bonds is 3. The first-order valence-corrected chi connectivity index (χ1v) is 6.30. The summed E-state index contributed by atoms with van der Waals surface area (Å²) in [6, 6.07) is 12.9. The average Bonchev–Trinajstić information content (AvgIpc) is 2.72. The van der Waals surface area contributed by atoms with Crippen LogP contribution >= 0.6 is 0 Å². The predicted molar refractivity (Wildman–Crippen MR) is 73.9 cm³/mol. The Labute approximate surface area is 107 Å². The molecule has 0 saturated carbocycles. The summed E-state index contributed by atoms with van der Waals surface area (Å²) < 4.78 is 12.1. The van der Waals surface area contributed by atoms with E-state index in [1.165, 1.54) is 27.8 Å². The molecular weight excluding hydrogens is 225 g/mol. The maximum atomic E-state index is 12.1. The Kier molecular flexibility index (Phi) is 2.78. The molecule has 2 aromatic rings. The van der Waals surface area contributed by atoms with E-state index in [0.717, 1.165) is 12.1 Å². The van der Waals surface area contributed by atoms with Crippen molar-refractivity contribution in [1.82, 2.24) is 0 Å². The molecule has 1 N–H and O–H groups in total. The number of benzene rings is 2. The Bertz CT molecular complexity index is 590. The van der Waals surface area contributed by atoms with Crippen LogP contribution in [0.3, 0.4) is 0 Å². The van der Waals surface area contributed by atoms with Gasteiger partial charge in [0.25, 0.3) is 0 Å². The van der Waals surface area contributed by atoms with Crippen molar-refractivity contribution in [1.29, 1.82) is 0 Å². The zero-order chi connectivity index (χ0) is 12.5. The Morgan fingerprint density at radius 3 is 2.56 bits per heavy atom. The lowest BCUT2D eigenvalue weighted by Crippen LogP contribution is -2.02. The van der Waals surface area contributed by atoms with Crippen molar-refractivity contribution in [2.24, 2.45) is 0 Å². The lowest BCUT2D eigenvalue weighted by atomic mass is 10.0. The van der Waals surface area contributed by atoms with Crippen molar-refractivity contribution in [3.05, 3.63) is 53.1 Å². The standard InChI is InChI=1S/C16H16FN/c1-11-2-4-15-12(8-11)9-13-10-14(18-7-6-17)3-5-16(13)15/h2-5,8,10,18H,6-7,9H2,1H3. The summed E-state index contributed by atoms with van der Waals surface area (Å²) in [7, 11) is 0. The Balaban J connectivity index is 1.96. The SMILES string of the molecule is Cc1ccc2c(c1)Cc1cc(NCCF)ccc1-2. The molecule has 0 fully saturated rings. The van der Waals surface area contributed by atoms with E-state index in [9.17, 15) is 4.39 Å². The molecule has 0 saturated heterocycles. The van der Waals surface area contributed by atoms with Crippen LogP contribution in [0.15, 0.2) is 36.4 Å². The highest BCUT2D eigenvalue weighted by atomic mass is 19.1. The van der Waals surface area contributed by atoms with Gasteiger partial charge in [0.05, 0.1) is 0 Å². The van der Waals surface area contributed by atoms with E-state index in [-0.39, 0.29) is 6.67 Å². The van der Waals surface area contributed by atoms with Crippen LogP contribution in [0.25, 0.3) is 11.1 Å². The summed E-state index contributed by atoms with van der Waals surface area (Å²) in [5.41, 5.74) is 7.70. The third-order valence-corrected chi connectivity index (χ3v) is 3.46. The third kappa shape index (κ3) is 1.88. The number of hydrogen-bond donors (Lipinski definition) is 1. The molecule has 1 aliphatic carbocycles. The van der Waals surface area contributed by atoms with Crippen LogP contribution in [0, 0.1) is 6.92 Å². The zero-order valence-electron chi connectivity index (χ0n) is 10.5. The number of alkyl halides is 1. The van der Waals surface area contributed by atoms with Gasteiger partial charge >= 0.3 is 0 Å². The fraction of sp³-hybridized carbons (Fsp3) is 0.250. The molecule has 18 heavy (non-hydrogen) atoms. The van der Waals surface area contributed by atoms with Crippen LogP contribution in [-0.2, 0) is 6.42 Å². The van der Waals surface area contributed by atoms with Gasteiger partial charge in [-0.1, -0.05) is 29.8 Å². The summed E-state index contributed by atoms with van der Waals surface area (Å²) in [6.45, 7) is 2.17. The maximum absolute atomic E-state index is 12.1. The van der Waals surface area contributed by atoms with E-state index in [0.29, 0.717) is 6.54 Å². The van der Waals surface area contributed by atoms with Crippen LogP contribution in [0.4, 0.5) is 10.1 Å². The van der Waals surface area contributed by atoms with Crippen LogP contribution in [-0.4, -0.2) is 13.2 Å². The highest BCUT2D eigenvalue weighted by Gasteiger charge is 2.18. The van der Waals surface area contributed by atoms with E-state index in [4.69, 9.17) is 0 Å². The van der Waals surface area contributed by atoms with Crippen molar-refractivity contribution in [2.75, 3.05) is 18.5 Å². The quantitative estimate of drug-likeness (QED) is 0.732. The van der Waals surface area contributed by atoms with E-state index in [1.807, 2.05) is 6.07 Å². The highest BCUT2D eigenvalue weighted by Crippen LogP contribution is 2.38. The molecule has 0 bridgehead atoms. The van der Waals surface area contributed by atoms with E-state index < -0.39 is 0 Å². The Morgan fingerprint density at radius 1 is 1.06 bits per heavy atom. The van der Waals surface area contributed by atoms with Gasteiger partial charge in [0.2, 0.25) is 0 Å². The molecule has 92 valence electrons. The number of hydrogen-bond acceptors (Lipinski definition) is 1. The lowest BCUT2D eigenvalue weighted by molar-refractivity contribution is 0.513. The fourth-order valence-electron chi connectivity index (χ4n) is 2.64. The van der Waals surface area contributed by atoms with Crippen molar-refractivity contribution in [2.45, 2.75) is 13.3 Å². The van der Waals surface area contributed by atoms with Crippen LogP contribution in [0.5, 0.6) is 0 Å². The highest BCUT2D eigenvalue weighted by molar-refractivity contribution is 5.78. The molecule has 0 unspecified atom stereocenters. The van der Waals surface area contributed by atoms with Gasteiger partial charge < -0.3 is 5.32 Å². The fourth-order valence-corrected chi connectivity index (χ4v) is 2.64. The minimum absolute atomic E-state index is 0.337. The molecule has 1 nitrogen and oxygen atoms in total. The van der Waals surface area contributed by atoms with Gasteiger partial charge in [-0.2, -0.15) is 0 Å². The molecular formula is C16H16FN. The number of nitrogens with one attached hydrogen (secondary N) is 1. The summed E-state index contributed by atoms with van der Waals surface area (Å²) >= 11 is 0. The first-order valence-electron chi connectivity index (χ1n) is 6.30. The molecule has 1 aliphatic rings. The molecule has 0 spiro atoms. The normalized spacial score (nSPS) is 12.1. The minimum atomic E-state index is -0.337. The second-order valence-electron chi connectivity index (χ2n) is 4.83. The first-order chi connectivity index (χ1) is 8.78. The molecule has 0 atom stereocenters. The minimum Gasteiger partial charge on any atom is -0.382 e. The van der Waals surface area contributed by atoms with Crippen LogP contribution < -0.4 is 5.32 Å². The first kappa shape index (κ1) is 11.3. The smallest absolute Gasteiger partial charge is 0.107 e. The molecule has 0 amide bonds. The summed E-state index contributed by atoms with van der Waals surface area (Å²) in [5, 5.41) is 3.09.